The normalized spacial score (nSPS) is 12.8. The van der Waals surface area contributed by atoms with Gasteiger partial charge in [0, 0.05) is 25.3 Å². The van der Waals surface area contributed by atoms with E-state index in [-0.39, 0.29) is 16.6 Å². The van der Waals surface area contributed by atoms with E-state index in [1.54, 1.807) is 7.05 Å². The van der Waals surface area contributed by atoms with Gasteiger partial charge in [0.05, 0.1) is 13.2 Å². The summed E-state index contributed by atoms with van der Waals surface area (Å²) >= 11 is 0. The first-order valence-corrected chi connectivity index (χ1v) is 7.92. The number of sulfonamides is 1. The lowest BCUT2D eigenvalue weighted by Gasteiger charge is -2.21. The molecule has 1 unspecified atom stereocenters. The van der Waals surface area contributed by atoms with E-state index in [0.29, 0.717) is 12.2 Å². The molecule has 0 saturated heterocycles. The molecular formula is C13H21N3O4S. The Kier molecular flexibility index (Phi) is 5.56. The zero-order valence-electron chi connectivity index (χ0n) is 12.6. The zero-order valence-corrected chi connectivity index (χ0v) is 13.4. The first-order chi connectivity index (χ1) is 9.72. The van der Waals surface area contributed by atoms with Crippen molar-refractivity contribution in [2.24, 2.45) is 0 Å². The fraction of sp³-hybridized carbons (Fsp3) is 0.462. The van der Waals surface area contributed by atoms with Gasteiger partial charge in [0.2, 0.25) is 15.9 Å². The Hall–Kier alpha value is -1.80. The average Bonchev–Trinajstić information content (AvgIpc) is 2.44. The fourth-order valence-corrected chi connectivity index (χ4v) is 3.09. The molecule has 0 spiro atoms. The number of anilines is 1. The molecule has 1 aromatic rings. The molecule has 3 N–H and O–H groups in total. The van der Waals surface area contributed by atoms with Crippen molar-refractivity contribution in [3.8, 4) is 5.75 Å². The third-order valence-electron chi connectivity index (χ3n) is 3.03. The van der Waals surface area contributed by atoms with Crippen LogP contribution in [0.4, 0.5) is 5.69 Å². The van der Waals surface area contributed by atoms with Gasteiger partial charge >= 0.3 is 0 Å². The molecule has 0 aliphatic carbocycles. The Balaban J connectivity index is 3.05. The summed E-state index contributed by atoms with van der Waals surface area (Å²) in [4.78, 5) is 13.3. The number of carbonyl (C=O) groups excluding carboxylic acids is 1. The Bertz CT molecular complexity index is 616. The number of amides is 1. The number of hydrogen-bond acceptors (Lipinski definition) is 5. The number of nitrogens with one attached hydrogen (secondary N) is 1. The molecule has 0 aliphatic heterocycles. The minimum atomic E-state index is -3.88. The number of carbonyl (C=O) groups is 1. The van der Waals surface area contributed by atoms with E-state index < -0.39 is 16.1 Å². The fourth-order valence-electron chi connectivity index (χ4n) is 1.74. The maximum absolute atomic E-state index is 12.3. The third-order valence-corrected chi connectivity index (χ3v) is 4.61. The molecule has 7 nitrogen and oxygen atoms in total. The Morgan fingerprint density at radius 3 is 2.62 bits per heavy atom. The van der Waals surface area contributed by atoms with Crippen LogP contribution in [0.5, 0.6) is 5.75 Å². The van der Waals surface area contributed by atoms with E-state index in [9.17, 15) is 13.2 Å². The summed E-state index contributed by atoms with van der Waals surface area (Å²) in [5.41, 5.74) is 5.99. The summed E-state index contributed by atoms with van der Waals surface area (Å²) in [6.07, 6.45) is 0. The molecule has 0 aromatic heterocycles. The first kappa shape index (κ1) is 17.3. The highest BCUT2D eigenvalue weighted by molar-refractivity contribution is 7.89. The maximum atomic E-state index is 12.3. The first-order valence-electron chi connectivity index (χ1n) is 6.43. The molecule has 0 bridgehead atoms. The largest absolute Gasteiger partial charge is 0.495 e. The summed E-state index contributed by atoms with van der Waals surface area (Å²) in [5.74, 6) is -0.179. The smallest absolute Gasteiger partial charge is 0.244 e. The van der Waals surface area contributed by atoms with Gasteiger partial charge in [-0.15, -0.1) is 0 Å². The summed E-state index contributed by atoms with van der Waals surface area (Å²) in [5, 5.41) is 0. The van der Waals surface area contributed by atoms with Crippen molar-refractivity contribution in [1.82, 2.24) is 9.62 Å². The van der Waals surface area contributed by atoms with Crippen LogP contribution in [-0.4, -0.2) is 46.0 Å². The molecular weight excluding hydrogens is 294 g/mol. The van der Waals surface area contributed by atoms with E-state index >= 15 is 0 Å². The van der Waals surface area contributed by atoms with Crippen molar-refractivity contribution in [1.29, 1.82) is 0 Å². The topological polar surface area (TPSA) is 102 Å². The van der Waals surface area contributed by atoms with Crippen molar-refractivity contribution in [2.75, 3.05) is 26.4 Å². The van der Waals surface area contributed by atoms with Crippen LogP contribution in [0.1, 0.15) is 13.8 Å². The number of nitrogens with zero attached hydrogens (tertiary/aromatic N) is 1. The summed E-state index contributed by atoms with van der Waals surface area (Å²) < 4.78 is 32.1. The Labute approximate surface area is 125 Å². The van der Waals surface area contributed by atoms with E-state index in [0.717, 1.165) is 0 Å². The number of ether oxygens (including phenoxy) is 1. The lowest BCUT2D eigenvalue weighted by molar-refractivity contribution is -0.131. The van der Waals surface area contributed by atoms with Crippen molar-refractivity contribution in [3.05, 3.63) is 18.2 Å². The molecule has 21 heavy (non-hydrogen) atoms. The van der Waals surface area contributed by atoms with Gasteiger partial charge in [0.15, 0.2) is 0 Å². The summed E-state index contributed by atoms with van der Waals surface area (Å²) in [6, 6.07) is 3.35. The predicted octanol–water partition coefficient (Wildman–Crippen LogP) is 0.423. The number of benzene rings is 1. The third kappa shape index (κ3) is 4.08. The van der Waals surface area contributed by atoms with Crippen LogP contribution < -0.4 is 15.2 Å². The number of nitrogens with two attached hydrogens (primary N) is 1. The van der Waals surface area contributed by atoms with Crippen LogP contribution in [0.15, 0.2) is 23.1 Å². The van der Waals surface area contributed by atoms with Crippen molar-refractivity contribution >= 4 is 21.6 Å². The van der Waals surface area contributed by atoms with Gasteiger partial charge in [-0.05, 0) is 26.0 Å². The standard InChI is InChI=1S/C13H21N3O4S/c1-5-16(3)13(17)9(2)15-21(18,19)12-7-6-10(14)8-11(12)20-4/h6-9,15H,5,14H2,1-4H3. The van der Waals surface area contributed by atoms with Crippen LogP contribution in [0.2, 0.25) is 0 Å². The maximum Gasteiger partial charge on any atom is 0.244 e. The molecule has 1 amide bonds. The average molecular weight is 315 g/mol. The van der Waals surface area contributed by atoms with E-state index in [4.69, 9.17) is 10.5 Å². The van der Waals surface area contributed by atoms with Gasteiger partial charge in [-0.3, -0.25) is 4.79 Å². The lowest BCUT2D eigenvalue weighted by Crippen LogP contribution is -2.45. The second-order valence-corrected chi connectivity index (χ2v) is 6.29. The molecule has 0 fully saturated rings. The van der Waals surface area contributed by atoms with Crippen molar-refractivity contribution in [2.45, 2.75) is 24.8 Å². The second-order valence-electron chi connectivity index (χ2n) is 4.61. The molecule has 1 aromatic carbocycles. The number of likely N-dealkylation sites (N-methyl/N-ethyl adjacent to an activating group) is 1. The molecule has 0 saturated carbocycles. The van der Waals surface area contributed by atoms with E-state index in [1.807, 2.05) is 6.92 Å². The molecule has 0 aliphatic rings. The molecule has 1 rings (SSSR count). The quantitative estimate of drug-likeness (QED) is 0.741. The molecule has 8 heteroatoms. The van der Waals surface area contributed by atoms with Gasteiger partial charge in [0.25, 0.3) is 0 Å². The van der Waals surface area contributed by atoms with Gasteiger partial charge in [-0.1, -0.05) is 0 Å². The Morgan fingerprint density at radius 2 is 2.10 bits per heavy atom. The predicted molar refractivity (Wildman–Crippen MR) is 80.5 cm³/mol. The number of rotatable bonds is 6. The summed E-state index contributed by atoms with van der Waals surface area (Å²) in [6.45, 7) is 3.80. The highest BCUT2D eigenvalue weighted by Gasteiger charge is 2.26. The molecule has 0 radical (unpaired) electrons. The number of nitrogen functional groups attached to an aromatic ring is 1. The summed E-state index contributed by atoms with van der Waals surface area (Å²) in [7, 11) is -0.921. The van der Waals surface area contributed by atoms with E-state index in [2.05, 4.69) is 4.72 Å². The van der Waals surface area contributed by atoms with Crippen molar-refractivity contribution < 1.29 is 17.9 Å². The molecule has 1 atom stereocenters. The highest BCUT2D eigenvalue weighted by atomic mass is 32.2. The second kappa shape index (κ2) is 6.77. The number of hydrogen-bond donors (Lipinski definition) is 2. The van der Waals surface area contributed by atoms with Gasteiger partial charge < -0.3 is 15.4 Å². The Morgan fingerprint density at radius 1 is 1.48 bits per heavy atom. The van der Waals surface area contributed by atoms with Gasteiger partial charge in [-0.25, -0.2) is 8.42 Å². The van der Waals surface area contributed by atoms with Gasteiger partial charge in [-0.2, -0.15) is 4.72 Å². The van der Waals surface area contributed by atoms with Crippen LogP contribution in [0.25, 0.3) is 0 Å². The van der Waals surface area contributed by atoms with Crippen LogP contribution >= 0.6 is 0 Å². The number of methoxy groups -OCH3 is 1. The SMILES string of the molecule is CCN(C)C(=O)C(C)NS(=O)(=O)c1ccc(N)cc1OC. The van der Waals surface area contributed by atoms with Crippen molar-refractivity contribution in [3.63, 3.8) is 0 Å². The molecule has 0 heterocycles. The van der Waals surface area contributed by atoms with Gasteiger partial charge in [0.1, 0.15) is 10.6 Å². The monoisotopic (exact) mass is 315 g/mol. The van der Waals surface area contributed by atoms with Crippen LogP contribution in [0, 0.1) is 0 Å². The van der Waals surface area contributed by atoms with Crippen LogP contribution in [-0.2, 0) is 14.8 Å². The minimum absolute atomic E-state index is 0.0574. The molecule has 118 valence electrons. The van der Waals surface area contributed by atoms with E-state index in [1.165, 1.54) is 37.1 Å². The minimum Gasteiger partial charge on any atom is -0.495 e. The lowest BCUT2D eigenvalue weighted by atomic mass is 10.3. The zero-order chi connectivity index (χ0) is 16.2. The van der Waals surface area contributed by atoms with Crippen LogP contribution in [0.3, 0.4) is 0 Å². The highest BCUT2D eigenvalue weighted by Crippen LogP contribution is 2.26.